The average Bonchev–Trinajstić information content (AvgIpc) is 2.14. The van der Waals surface area contributed by atoms with Crippen molar-refractivity contribution >= 4 is 39.0 Å². The molecule has 88 valence electrons. The molecule has 0 N–H and O–H groups in total. The maximum atomic E-state index is 11.6. The fourth-order valence-electron chi connectivity index (χ4n) is 1.24. The summed E-state index contributed by atoms with van der Waals surface area (Å²) in [6.45, 7) is 1.37. The van der Waals surface area contributed by atoms with Crippen molar-refractivity contribution in [1.82, 2.24) is 0 Å². The molecule has 0 bridgehead atoms. The number of carbonyl (C=O) groups is 1. The van der Waals surface area contributed by atoms with Crippen LogP contribution >= 0.6 is 23.4 Å². The van der Waals surface area contributed by atoms with Gasteiger partial charge in [0.1, 0.15) is 0 Å². The summed E-state index contributed by atoms with van der Waals surface area (Å²) in [5, 5.41) is 0.292. The third-order valence-corrected chi connectivity index (χ3v) is 4.53. The van der Waals surface area contributed by atoms with Crippen LogP contribution in [0.4, 0.5) is 0 Å². The number of hydrogen-bond donors (Lipinski definition) is 0. The van der Waals surface area contributed by atoms with Crippen LogP contribution < -0.4 is 0 Å². The van der Waals surface area contributed by atoms with Gasteiger partial charge < -0.3 is 0 Å². The second kappa shape index (κ2) is 4.77. The van der Waals surface area contributed by atoms with Crippen LogP contribution in [0, 0.1) is 0 Å². The predicted molar refractivity (Wildman–Crippen MR) is 66.3 cm³/mol. The summed E-state index contributed by atoms with van der Waals surface area (Å²) in [6, 6.07) is 2.86. The molecule has 0 saturated carbocycles. The van der Waals surface area contributed by atoms with Crippen molar-refractivity contribution in [2.75, 3.05) is 12.5 Å². The molecule has 0 heterocycles. The van der Waals surface area contributed by atoms with E-state index in [0.29, 0.717) is 15.5 Å². The van der Waals surface area contributed by atoms with Crippen LogP contribution in [0.3, 0.4) is 0 Å². The molecule has 0 aliphatic rings. The predicted octanol–water partition coefficient (Wildman–Crippen LogP) is 2.67. The molecule has 1 aromatic carbocycles. The zero-order valence-corrected chi connectivity index (χ0v) is 11.5. The third kappa shape index (κ3) is 2.78. The number of benzene rings is 1. The summed E-state index contributed by atoms with van der Waals surface area (Å²) in [4.78, 5) is 11.8. The Hall–Kier alpha value is -0.520. The Morgan fingerprint density at radius 3 is 2.31 bits per heavy atom. The Kier molecular flexibility index (Phi) is 4.04. The molecule has 0 aromatic heterocycles. The van der Waals surface area contributed by atoms with E-state index in [0.717, 1.165) is 6.26 Å². The lowest BCUT2D eigenvalue weighted by atomic mass is 10.1. The first kappa shape index (κ1) is 13.5. The van der Waals surface area contributed by atoms with E-state index >= 15 is 0 Å². The number of sulfone groups is 1. The molecule has 0 saturated heterocycles. The minimum Gasteiger partial charge on any atom is -0.295 e. The van der Waals surface area contributed by atoms with Crippen LogP contribution in [0.15, 0.2) is 21.9 Å². The van der Waals surface area contributed by atoms with Crippen molar-refractivity contribution in [3.05, 3.63) is 22.7 Å². The monoisotopic (exact) mass is 278 g/mol. The van der Waals surface area contributed by atoms with Gasteiger partial charge in [-0.3, -0.25) is 4.79 Å². The second-order valence-corrected chi connectivity index (χ2v) is 6.53. The molecule has 0 spiro atoms. The minimum atomic E-state index is -3.38. The van der Waals surface area contributed by atoms with Gasteiger partial charge in [0.15, 0.2) is 15.6 Å². The van der Waals surface area contributed by atoms with Gasteiger partial charge in [-0.05, 0) is 25.3 Å². The largest absolute Gasteiger partial charge is 0.295 e. The minimum absolute atomic E-state index is 0.109. The Morgan fingerprint density at radius 1 is 1.38 bits per heavy atom. The molecule has 1 rings (SSSR count). The van der Waals surface area contributed by atoms with E-state index in [9.17, 15) is 13.2 Å². The third-order valence-electron chi connectivity index (χ3n) is 2.02. The SMILES string of the molecule is CSc1c(Cl)cc(C(C)=O)cc1S(C)(=O)=O. The molecule has 1 aromatic rings. The van der Waals surface area contributed by atoms with E-state index in [4.69, 9.17) is 11.6 Å². The van der Waals surface area contributed by atoms with Crippen molar-refractivity contribution in [3.8, 4) is 0 Å². The van der Waals surface area contributed by atoms with Gasteiger partial charge in [-0.25, -0.2) is 8.42 Å². The number of thioether (sulfide) groups is 1. The molecule has 0 fully saturated rings. The zero-order chi connectivity index (χ0) is 12.5. The molecule has 0 radical (unpaired) electrons. The molecule has 3 nitrogen and oxygen atoms in total. The van der Waals surface area contributed by atoms with Gasteiger partial charge >= 0.3 is 0 Å². The van der Waals surface area contributed by atoms with Crippen molar-refractivity contribution < 1.29 is 13.2 Å². The summed E-state index contributed by atoms with van der Waals surface area (Å²) in [7, 11) is -3.38. The van der Waals surface area contributed by atoms with E-state index in [2.05, 4.69) is 0 Å². The Labute approximate surface area is 104 Å². The van der Waals surface area contributed by atoms with Crippen molar-refractivity contribution in [2.45, 2.75) is 16.7 Å². The molecule has 6 heteroatoms. The van der Waals surface area contributed by atoms with Gasteiger partial charge in [0, 0.05) is 16.7 Å². The molecule has 0 atom stereocenters. The van der Waals surface area contributed by atoms with Gasteiger partial charge in [0.05, 0.1) is 9.92 Å². The van der Waals surface area contributed by atoms with Crippen LogP contribution in [0.1, 0.15) is 17.3 Å². The highest BCUT2D eigenvalue weighted by Crippen LogP contribution is 2.33. The first-order valence-corrected chi connectivity index (χ1v) is 7.85. The maximum Gasteiger partial charge on any atom is 0.176 e. The lowest BCUT2D eigenvalue weighted by molar-refractivity contribution is 0.101. The first-order valence-electron chi connectivity index (χ1n) is 4.36. The summed E-state index contributed by atoms with van der Waals surface area (Å²) < 4.78 is 23.1. The molecular formula is C10H11ClO3S2. The van der Waals surface area contributed by atoms with Crippen molar-refractivity contribution in [3.63, 3.8) is 0 Å². The molecule has 0 unspecified atom stereocenters. The smallest absolute Gasteiger partial charge is 0.176 e. The summed E-state index contributed by atoms with van der Waals surface area (Å²) in [5.41, 5.74) is 0.309. The standard InChI is InChI=1S/C10H11ClO3S2/c1-6(12)7-4-8(11)10(15-2)9(5-7)16(3,13)14/h4-5H,1-3H3. The summed E-state index contributed by atoms with van der Waals surface area (Å²) >= 11 is 7.19. The fraction of sp³-hybridized carbons (Fsp3) is 0.300. The summed E-state index contributed by atoms with van der Waals surface area (Å²) in [6.07, 6.45) is 2.84. The number of hydrogen-bond acceptors (Lipinski definition) is 4. The Balaban J connectivity index is 3.62. The van der Waals surface area contributed by atoms with E-state index in [1.807, 2.05) is 0 Å². The number of carbonyl (C=O) groups excluding carboxylic acids is 1. The number of rotatable bonds is 3. The zero-order valence-electron chi connectivity index (χ0n) is 9.07. The quantitative estimate of drug-likeness (QED) is 0.630. The van der Waals surface area contributed by atoms with E-state index in [1.165, 1.54) is 30.8 Å². The molecule has 16 heavy (non-hydrogen) atoms. The molecule has 0 amide bonds. The highest BCUT2D eigenvalue weighted by Gasteiger charge is 2.18. The van der Waals surface area contributed by atoms with Gasteiger partial charge in [0.2, 0.25) is 0 Å². The van der Waals surface area contributed by atoms with E-state index in [-0.39, 0.29) is 10.7 Å². The van der Waals surface area contributed by atoms with E-state index < -0.39 is 9.84 Å². The lowest BCUT2D eigenvalue weighted by Crippen LogP contribution is -2.03. The fourth-order valence-corrected chi connectivity index (χ4v) is 3.76. The Bertz CT molecular complexity index is 535. The van der Waals surface area contributed by atoms with Gasteiger partial charge in [-0.2, -0.15) is 0 Å². The highest BCUT2D eigenvalue weighted by molar-refractivity contribution is 7.99. The molecular weight excluding hydrogens is 268 g/mol. The number of Topliss-reactive ketones (excluding diaryl/α,β-unsaturated/α-hetero) is 1. The number of ketones is 1. The molecule has 0 aliphatic carbocycles. The van der Waals surface area contributed by atoms with Gasteiger partial charge in [-0.1, -0.05) is 11.6 Å². The lowest BCUT2D eigenvalue weighted by Gasteiger charge is -2.09. The van der Waals surface area contributed by atoms with E-state index in [1.54, 1.807) is 6.26 Å². The number of halogens is 1. The first-order chi connectivity index (χ1) is 7.27. The maximum absolute atomic E-state index is 11.6. The van der Waals surface area contributed by atoms with Crippen LogP contribution in [-0.4, -0.2) is 26.7 Å². The van der Waals surface area contributed by atoms with Crippen LogP contribution in [0.5, 0.6) is 0 Å². The normalized spacial score (nSPS) is 11.5. The average molecular weight is 279 g/mol. The van der Waals surface area contributed by atoms with Crippen LogP contribution in [-0.2, 0) is 9.84 Å². The summed E-state index contributed by atoms with van der Waals surface area (Å²) in [5.74, 6) is -0.209. The molecule has 0 aliphatic heterocycles. The van der Waals surface area contributed by atoms with Gasteiger partial charge in [-0.15, -0.1) is 11.8 Å². The van der Waals surface area contributed by atoms with Crippen LogP contribution in [0.25, 0.3) is 0 Å². The second-order valence-electron chi connectivity index (χ2n) is 3.32. The Morgan fingerprint density at radius 2 is 1.94 bits per heavy atom. The highest BCUT2D eigenvalue weighted by atomic mass is 35.5. The van der Waals surface area contributed by atoms with Crippen LogP contribution in [0.2, 0.25) is 5.02 Å². The van der Waals surface area contributed by atoms with Gasteiger partial charge in [0.25, 0.3) is 0 Å². The van der Waals surface area contributed by atoms with Crippen molar-refractivity contribution in [1.29, 1.82) is 0 Å². The van der Waals surface area contributed by atoms with Crippen molar-refractivity contribution in [2.24, 2.45) is 0 Å². The topological polar surface area (TPSA) is 51.2 Å².